The van der Waals surface area contributed by atoms with E-state index in [2.05, 4.69) is 5.32 Å². The molecule has 7 nitrogen and oxygen atoms in total. The van der Waals surface area contributed by atoms with E-state index in [1.165, 1.54) is 0 Å². The van der Waals surface area contributed by atoms with Crippen molar-refractivity contribution in [3.63, 3.8) is 0 Å². The molecule has 142 valence electrons. The highest BCUT2D eigenvalue weighted by Gasteiger charge is 2.27. The average molecular weight is 370 g/mol. The number of para-hydroxylation sites is 1. The summed E-state index contributed by atoms with van der Waals surface area (Å²) >= 11 is 0. The minimum absolute atomic E-state index is 0.118. The summed E-state index contributed by atoms with van der Waals surface area (Å²) in [5.41, 5.74) is 2.01. The standard InChI is InChI=1S/C20H22N2O5/c1-26-15-6-4-5-14(11-15)21-18-8-3-2-7-17(18)20(25)22-9-10-27-16(13-22)12-19(23)24/h2-8,11,16,21H,9-10,12-13H2,1H3,(H,23,24). The molecule has 1 aliphatic heterocycles. The normalized spacial score (nSPS) is 16.6. The van der Waals surface area contributed by atoms with Gasteiger partial charge in [-0.1, -0.05) is 18.2 Å². The summed E-state index contributed by atoms with van der Waals surface area (Å²) in [7, 11) is 1.60. The van der Waals surface area contributed by atoms with Crippen LogP contribution < -0.4 is 10.1 Å². The third-order valence-electron chi connectivity index (χ3n) is 4.33. The molecule has 0 aliphatic carbocycles. The molecule has 0 spiro atoms. The predicted molar refractivity (Wildman–Crippen MR) is 101 cm³/mol. The fourth-order valence-corrected chi connectivity index (χ4v) is 3.03. The van der Waals surface area contributed by atoms with Crippen LogP contribution in [-0.4, -0.2) is 54.8 Å². The molecular weight excluding hydrogens is 348 g/mol. The van der Waals surface area contributed by atoms with Gasteiger partial charge in [-0.05, 0) is 24.3 Å². The maximum atomic E-state index is 13.0. The largest absolute Gasteiger partial charge is 0.497 e. The number of nitrogens with one attached hydrogen (secondary N) is 1. The van der Waals surface area contributed by atoms with Gasteiger partial charge in [0.1, 0.15) is 5.75 Å². The predicted octanol–water partition coefficient (Wildman–Crippen LogP) is 2.75. The number of carbonyl (C=O) groups is 2. The maximum Gasteiger partial charge on any atom is 0.306 e. The van der Waals surface area contributed by atoms with Crippen molar-refractivity contribution < 1.29 is 24.2 Å². The van der Waals surface area contributed by atoms with E-state index < -0.39 is 12.1 Å². The number of ether oxygens (including phenoxy) is 2. The van der Waals surface area contributed by atoms with Crippen LogP contribution in [0.5, 0.6) is 5.75 Å². The van der Waals surface area contributed by atoms with Crippen molar-refractivity contribution in [1.82, 2.24) is 4.90 Å². The Hall–Kier alpha value is -3.06. The second-order valence-corrected chi connectivity index (χ2v) is 6.24. The van der Waals surface area contributed by atoms with Gasteiger partial charge in [0.2, 0.25) is 0 Å². The number of carboxylic acids is 1. The van der Waals surface area contributed by atoms with Crippen molar-refractivity contribution in [2.45, 2.75) is 12.5 Å². The fourth-order valence-electron chi connectivity index (χ4n) is 3.03. The molecule has 1 unspecified atom stereocenters. The number of amides is 1. The zero-order chi connectivity index (χ0) is 19.2. The summed E-state index contributed by atoms with van der Waals surface area (Å²) in [5.74, 6) is -0.373. The average Bonchev–Trinajstić information content (AvgIpc) is 2.68. The molecule has 27 heavy (non-hydrogen) atoms. The Labute approximate surface area is 157 Å². The molecular formula is C20H22N2O5. The Morgan fingerprint density at radius 1 is 1.26 bits per heavy atom. The molecule has 0 saturated carbocycles. The zero-order valence-electron chi connectivity index (χ0n) is 15.1. The quantitative estimate of drug-likeness (QED) is 0.813. The van der Waals surface area contributed by atoms with E-state index in [9.17, 15) is 9.59 Å². The van der Waals surface area contributed by atoms with E-state index in [1.54, 1.807) is 24.1 Å². The number of aliphatic carboxylic acids is 1. The lowest BCUT2D eigenvalue weighted by molar-refractivity contribution is -0.141. The minimum Gasteiger partial charge on any atom is -0.497 e. The Morgan fingerprint density at radius 2 is 2.07 bits per heavy atom. The van der Waals surface area contributed by atoms with Crippen LogP contribution in [0.1, 0.15) is 16.8 Å². The fraction of sp³-hybridized carbons (Fsp3) is 0.300. The minimum atomic E-state index is -0.936. The van der Waals surface area contributed by atoms with Crippen LogP contribution in [0.15, 0.2) is 48.5 Å². The van der Waals surface area contributed by atoms with Gasteiger partial charge in [-0.3, -0.25) is 9.59 Å². The molecule has 0 radical (unpaired) electrons. The van der Waals surface area contributed by atoms with Crippen LogP contribution in [0, 0.1) is 0 Å². The second-order valence-electron chi connectivity index (χ2n) is 6.24. The molecule has 1 amide bonds. The van der Waals surface area contributed by atoms with E-state index in [4.69, 9.17) is 14.6 Å². The van der Waals surface area contributed by atoms with E-state index in [0.717, 1.165) is 5.69 Å². The van der Waals surface area contributed by atoms with Crippen LogP contribution in [0.25, 0.3) is 0 Å². The molecule has 2 aromatic rings. The van der Waals surface area contributed by atoms with Gasteiger partial charge in [0, 0.05) is 24.8 Å². The monoisotopic (exact) mass is 370 g/mol. The molecule has 7 heteroatoms. The summed E-state index contributed by atoms with van der Waals surface area (Å²) in [5, 5.41) is 12.2. The van der Waals surface area contributed by atoms with Crippen molar-refractivity contribution in [2.24, 2.45) is 0 Å². The molecule has 1 heterocycles. The number of anilines is 2. The first-order valence-corrected chi connectivity index (χ1v) is 8.69. The van der Waals surface area contributed by atoms with Gasteiger partial charge in [0.15, 0.2) is 0 Å². The molecule has 1 aliphatic rings. The van der Waals surface area contributed by atoms with Crippen molar-refractivity contribution >= 4 is 23.3 Å². The molecule has 0 aromatic heterocycles. The number of morpholine rings is 1. The van der Waals surface area contributed by atoms with Gasteiger partial charge in [0.05, 0.1) is 37.5 Å². The van der Waals surface area contributed by atoms with Crippen LogP contribution in [0.2, 0.25) is 0 Å². The van der Waals surface area contributed by atoms with Crippen molar-refractivity contribution in [2.75, 3.05) is 32.1 Å². The van der Waals surface area contributed by atoms with E-state index >= 15 is 0 Å². The van der Waals surface area contributed by atoms with Gasteiger partial charge < -0.3 is 24.8 Å². The van der Waals surface area contributed by atoms with Crippen molar-refractivity contribution in [3.05, 3.63) is 54.1 Å². The van der Waals surface area contributed by atoms with Gasteiger partial charge in [-0.2, -0.15) is 0 Å². The van der Waals surface area contributed by atoms with Crippen LogP contribution in [0.4, 0.5) is 11.4 Å². The van der Waals surface area contributed by atoms with Gasteiger partial charge >= 0.3 is 5.97 Å². The summed E-state index contributed by atoms with van der Waals surface area (Å²) in [6, 6.07) is 14.7. The topological polar surface area (TPSA) is 88.1 Å². The van der Waals surface area contributed by atoms with Crippen molar-refractivity contribution in [3.8, 4) is 5.75 Å². The van der Waals surface area contributed by atoms with Gasteiger partial charge in [-0.15, -0.1) is 0 Å². The molecule has 1 atom stereocenters. The van der Waals surface area contributed by atoms with E-state index in [-0.39, 0.29) is 18.9 Å². The Bertz CT molecular complexity index is 824. The lowest BCUT2D eigenvalue weighted by Crippen LogP contribution is -2.46. The van der Waals surface area contributed by atoms with Gasteiger partial charge in [-0.25, -0.2) is 0 Å². The number of methoxy groups -OCH3 is 1. The third kappa shape index (κ3) is 4.77. The van der Waals surface area contributed by atoms with Crippen LogP contribution in [-0.2, 0) is 9.53 Å². The van der Waals surface area contributed by atoms with Crippen LogP contribution >= 0.6 is 0 Å². The summed E-state index contributed by atoms with van der Waals surface area (Å²) in [6.07, 6.45) is -0.605. The first kappa shape index (κ1) is 18.7. The molecule has 1 saturated heterocycles. The number of nitrogens with zero attached hydrogens (tertiary/aromatic N) is 1. The summed E-state index contributed by atoms with van der Waals surface area (Å²) in [6.45, 7) is 1.02. The van der Waals surface area contributed by atoms with Crippen molar-refractivity contribution in [1.29, 1.82) is 0 Å². The smallest absolute Gasteiger partial charge is 0.306 e. The summed E-state index contributed by atoms with van der Waals surface area (Å²) < 4.78 is 10.7. The van der Waals surface area contributed by atoms with Gasteiger partial charge in [0.25, 0.3) is 5.91 Å². The summed E-state index contributed by atoms with van der Waals surface area (Å²) in [4.78, 5) is 25.6. The Morgan fingerprint density at radius 3 is 2.85 bits per heavy atom. The number of hydrogen-bond acceptors (Lipinski definition) is 5. The Balaban J connectivity index is 1.78. The first-order chi connectivity index (χ1) is 13.1. The molecule has 2 N–H and O–H groups in total. The molecule has 3 rings (SSSR count). The van der Waals surface area contributed by atoms with Crippen LogP contribution in [0.3, 0.4) is 0 Å². The van der Waals surface area contributed by atoms with E-state index in [1.807, 2.05) is 36.4 Å². The zero-order valence-corrected chi connectivity index (χ0v) is 15.1. The first-order valence-electron chi connectivity index (χ1n) is 8.69. The third-order valence-corrected chi connectivity index (χ3v) is 4.33. The van der Waals surface area contributed by atoms with E-state index in [0.29, 0.717) is 30.2 Å². The number of rotatable bonds is 6. The number of carbonyl (C=O) groups excluding carboxylic acids is 1. The highest BCUT2D eigenvalue weighted by Crippen LogP contribution is 2.25. The SMILES string of the molecule is COc1cccc(Nc2ccccc2C(=O)N2CCOC(CC(=O)O)C2)c1. The molecule has 2 aromatic carbocycles. The second kappa shape index (κ2) is 8.55. The molecule has 1 fully saturated rings. The number of carboxylic acid groups (broad SMARTS) is 1. The maximum absolute atomic E-state index is 13.0. The number of benzene rings is 2. The lowest BCUT2D eigenvalue weighted by atomic mass is 10.1. The molecule has 0 bridgehead atoms. The Kier molecular flexibility index (Phi) is 5.93. The number of hydrogen-bond donors (Lipinski definition) is 2. The highest BCUT2D eigenvalue weighted by molar-refractivity contribution is 6.00. The lowest BCUT2D eigenvalue weighted by Gasteiger charge is -2.32. The highest BCUT2D eigenvalue weighted by atomic mass is 16.5.